The minimum Gasteiger partial charge on any atom is -0.458 e. The molecule has 0 saturated carbocycles. The number of ether oxygens (including phenoxy) is 1. The van der Waals surface area contributed by atoms with Gasteiger partial charge in [-0.15, -0.1) is 0 Å². The highest BCUT2D eigenvalue weighted by molar-refractivity contribution is 9.10. The van der Waals surface area contributed by atoms with E-state index in [9.17, 15) is 9.59 Å². The molecule has 5 heteroatoms. The molecular formula is C18H18BrNO3. The number of halogens is 1. The molecule has 1 amide bonds. The third-order valence-electron chi connectivity index (χ3n) is 3.30. The summed E-state index contributed by atoms with van der Waals surface area (Å²) in [6.07, 6.45) is -0.162. The van der Waals surface area contributed by atoms with E-state index in [4.69, 9.17) is 4.74 Å². The van der Waals surface area contributed by atoms with Gasteiger partial charge in [-0.1, -0.05) is 46.3 Å². The van der Waals surface area contributed by atoms with E-state index in [1.807, 2.05) is 37.3 Å². The molecule has 1 atom stereocenters. The van der Waals surface area contributed by atoms with Crippen LogP contribution in [0.1, 0.15) is 35.4 Å². The van der Waals surface area contributed by atoms with Crippen LogP contribution in [-0.2, 0) is 9.53 Å². The summed E-state index contributed by atoms with van der Waals surface area (Å²) in [5.74, 6) is -0.543. The molecule has 0 fully saturated rings. The molecule has 4 nitrogen and oxygen atoms in total. The maximum absolute atomic E-state index is 11.9. The molecule has 0 aromatic heterocycles. The second-order valence-corrected chi connectivity index (χ2v) is 5.97. The number of hydrogen-bond acceptors (Lipinski definition) is 3. The molecule has 23 heavy (non-hydrogen) atoms. The van der Waals surface area contributed by atoms with Crippen molar-refractivity contribution in [3.8, 4) is 0 Å². The van der Waals surface area contributed by atoms with Crippen LogP contribution >= 0.6 is 15.9 Å². The second-order valence-electron chi connectivity index (χ2n) is 5.06. The molecule has 0 saturated heterocycles. The standard InChI is InChI=1S/C18H18BrNO3/c1-13(14-5-3-2-4-6-14)23-17(21)11-12-20-18(22)15-7-9-16(19)10-8-15/h2-10,13H,11-12H2,1H3,(H,20,22)/t13-/m0/s1. The fourth-order valence-electron chi connectivity index (χ4n) is 2.03. The Bertz CT molecular complexity index is 656. The topological polar surface area (TPSA) is 55.4 Å². The molecule has 1 N–H and O–H groups in total. The Morgan fingerprint density at radius 2 is 1.74 bits per heavy atom. The Labute approximate surface area is 144 Å². The van der Waals surface area contributed by atoms with E-state index >= 15 is 0 Å². The average molecular weight is 376 g/mol. The van der Waals surface area contributed by atoms with E-state index in [2.05, 4.69) is 21.2 Å². The lowest BCUT2D eigenvalue weighted by Gasteiger charge is -2.13. The quantitative estimate of drug-likeness (QED) is 0.779. The largest absolute Gasteiger partial charge is 0.458 e. The van der Waals surface area contributed by atoms with Gasteiger partial charge in [0.2, 0.25) is 0 Å². The van der Waals surface area contributed by atoms with Crippen molar-refractivity contribution < 1.29 is 14.3 Å². The predicted octanol–water partition coefficient (Wildman–Crippen LogP) is 3.87. The fraction of sp³-hybridized carbons (Fsp3) is 0.222. The third kappa shape index (κ3) is 5.53. The van der Waals surface area contributed by atoms with Gasteiger partial charge in [0.25, 0.3) is 5.91 Å². The van der Waals surface area contributed by atoms with Crippen LogP contribution in [0.4, 0.5) is 0 Å². The zero-order chi connectivity index (χ0) is 16.7. The number of carbonyl (C=O) groups excluding carboxylic acids is 2. The van der Waals surface area contributed by atoms with Crippen molar-refractivity contribution in [2.75, 3.05) is 6.54 Å². The highest BCUT2D eigenvalue weighted by atomic mass is 79.9. The smallest absolute Gasteiger partial charge is 0.308 e. The van der Waals surface area contributed by atoms with Crippen LogP contribution < -0.4 is 5.32 Å². The van der Waals surface area contributed by atoms with Gasteiger partial charge in [-0.3, -0.25) is 9.59 Å². The van der Waals surface area contributed by atoms with Crippen molar-refractivity contribution in [3.05, 3.63) is 70.2 Å². The van der Waals surface area contributed by atoms with Crippen molar-refractivity contribution in [2.24, 2.45) is 0 Å². The van der Waals surface area contributed by atoms with Crippen LogP contribution in [0.15, 0.2) is 59.1 Å². The Morgan fingerprint density at radius 1 is 1.09 bits per heavy atom. The SMILES string of the molecule is C[C@H](OC(=O)CCNC(=O)c1ccc(Br)cc1)c1ccccc1. The van der Waals surface area contributed by atoms with Crippen LogP contribution in [0.2, 0.25) is 0 Å². The first-order chi connectivity index (χ1) is 11.1. The van der Waals surface area contributed by atoms with Crippen LogP contribution in [0, 0.1) is 0 Å². The first-order valence-electron chi connectivity index (χ1n) is 7.34. The van der Waals surface area contributed by atoms with Crippen molar-refractivity contribution >= 4 is 27.8 Å². The monoisotopic (exact) mass is 375 g/mol. The number of nitrogens with one attached hydrogen (secondary N) is 1. The average Bonchev–Trinajstić information content (AvgIpc) is 2.56. The number of hydrogen-bond donors (Lipinski definition) is 1. The van der Waals surface area contributed by atoms with Crippen molar-refractivity contribution in [3.63, 3.8) is 0 Å². The summed E-state index contributed by atoms with van der Waals surface area (Å²) < 4.78 is 6.25. The summed E-state index contributed by atoms with van der Waals surface area (Å²) in [5.41, 5.74) is 1.50. The number of amides is 1. The zero-order valence-electron chi connectivity index (χ0n) is 12.8. The molecule has 0 aliphatic carbocycles. The molecule has 0 spiro atoms. The molecule has 2 aromatic rings. The molecular weight excluding hydrogens is 358 g/mol. The molecule has 0 bridgehead atoms. The van der Waals surface area contributed by atoms with Crippen molar-refractivity contribution in [1.29, 1.82) is 0 Å². The molecule has 120 valence electrons. The van der Waals surface area contributed by atoms with Gasteiger partial charge in [0.15, 0.2) is 0 Å². The molecule has 0 aliphatic heterocycles. The maximum Gasteiger partial charge on any atom is 0.308 e. The minimum absolute atomic E-state index is 0.138. The second kappa shape index (κ2) is 8.48. The number of carbonyl (C=O) groups is 2. The van der Waals surface area contributed by atoms with E-state index in [1.165, 1.54) is 0 Å². The zero-order valence-corrected chi connectivity index (χ0v) is 14.4. The minimum atomic E-state index is -0.336. The Kier molecular flexibility index (Phi) is 6.35. The Hall–Kier alpha value is -2.14. The summed E-state index contributed by atoms with van der Waals surface area (Å²) in [5, 5.41) is 2.71. The fourth-order valence-corrected chi connectivity index (χ4v) is 2.29. The predicted molar refractivity (Wildman–Crippen MR) is 92.0 cm³/mol. The van der Waals surface area contributed by atoms with Crippen molar-refractivity contribution in [2.45, 2.75) is 19.4 Å². The lowest BCUT2D eigenvalue weighted by Crippen LogP contribution is -2.26. The van der Waals surface area contributed by atoms with Crippen molar-refractivity contribution in [1.82, 2.24) is 5.32 Å². The van der Waals surface area contributed by atoms with E-state index in [0.717, 1.165) is 10.0 Å². The lowest BCUT2D eigenvalue weighted by molar-refractivity contribution is -0.148. The normalized spacial score (nSPS) is 11.6. The Balaban J connectivity index is 1.74. The number of esters is 1. The van der Waals surface area contributed by atoms with Gasteiger partial charge in [0.1, 0.15) is 6.10 Å². The summed E-state index contributed by atoms with van der Waals surface area (Å²) >= 11 is 3.32. The summed E-state index contributed by atoms with van der Waals surface area (Å²) in [6.45, 7) is 2.07. The van der Waals surface area contributed by atoms with E-state index < -0.39 is 0 Å². The van der Waals surface area contributed by atoms with E-state index in [1.54, 1.807) is 24.3 Å². The highest BCUT2D eigenvalue weighted by Gasteiger charge is 2.12. The van der Waals surface area contributed by atoms with E-state index in [-0.39, 0.29) is 30.9 Å². The van der Waals surface area contributed by atoms with Gasteiger partial charge in [-0.05, 0) is 36.8 Å². The Morgan fingerprint density at radius 3 is 2.39 bits per heavy atom. The van der Waals surface area contributed by atoms with E-state index in [0.29, 0.717) is 5.56 Å². The summed E-state index contributed by atoms with van der Waals surface area (Å²) in [7, 11) is 0. The van der Waals surface area contributed by atoms with Gasteiger partial charge in [-0.25, -0.2) is 0 Å². The third-order valence-corrected chi connectivity index (χ3v) is 3.83. The molecule has 0 heterocycles. The number of rotatable bonds is 6. The molecule has 0 unspecified atom stereocenters. The lowest BCUT2D eigenvalue weighted by atomic mass is 10.1. The molecule has 2 aromatic carbocycles. The van der Waals surface area contributed by atoms with Crippen LogP contribution in [0.5, 0.6) is 0 Å². The highest BCUT2D eigenvalue weighted by Crippen LogP contribution is 2.16. The molecule has 0 aliphatic rings. The first-order valence-corrected chi connectivity index (χ1v) is 8.14. The molecule has 2 rings (SSSR count). The van der Waals surface area contributed by atoms with Crippen LogP contribution in [0.3, 0.4) is 0 Å². The van der Waals surface area contributed by atoms with Gasteiger partial charge < -0.3 is 10.1 Å². The van der Waals surface area contributed by atoms with Crippen LogP contribution in [-0.4, -0.2) is 18.4 Å². The first kappa shape index (κ1) is 17.2. The molecule has 0 radical (unpaired) electrons. The van der Waals surface area contributed by atoms with Crippen LogP contribution in [0.25, 0.3) is 0 Å². The maximum atomic E-state index is 11.9. The number of benzene rings is 2. The van der Waals surface area contributed by atoms with Gasteiger partial charge in [-0.2, -0.15) is 0 Å². The summed E-state index contributed by atoms with van der Waals surface area (Å²) in [6, 6.07) is 16.6. The van der Waals surface area contributed by atoms with Gasteiger partial charge >= 0.3 is 5.97 Å². The summed E-state index contributed by atoms with van der Waals surface area (Å²) in [4.78, 5) is 23.7. The van der Waals surface area contributed by atoms with Gasteiger partial charge in [0.05, 0.1) is 6.42 Å². The van der Waals surface area contributed by atoms with Gasteiger partial charge in [0, 0.05) is 16.6 Å².